The third-order valence-electron chi connectivity index (χ3n) is 4.21. The Bertz CT molecular complexity index is 810. The molecule has 0 spiro atoms. The van der Waals surface area contributed by atoms with E-state index in [1.54, 1.807) is 23.2 Å². The van der Waals surface area contributed by atoms with Crippen molar-refractivity contribution in [1.29, 1.82) is 0 Å². The van der Waals surface area contributed by atoms with Gasteiger partial charge in [0, 0.05) is 11.6 Å². The van der Waals surface area contributed by atoms with Crippen molar-refractivity contribution < 1.29 is 18.9 Å². The number of benzene rings is 1. The maximum atomic E-state index is 14.5. The number of rotatable bonds is 2. The first-order valence-corrected chi connectivity index (χ1v) is 7.31. The summed E-state index contributed by atoms with van der Waals surface area (Å²) in [6, 6.07) is 3.85. The van der Waals surface area contributed by atoms with Gasteiger partial charge in [0.25, 0.3) is 5.91 Å². The van der Waals surface area contributed by atoms with Crippen LogP contribution >= 0.6 is 0 Å². The number of nitrogens with one attached hydrogen (secondary N) is 2. The van der Waals surface area contributed by atoms with Crippen molar-refractivity contribution in [3.8, 4) is 5.75 Å². The number of carbonyl (C=O) groups excluding carboxylic acids is 1. The highest BCUT2D eigenvalue weighted by atomic mass is 19.1. The summed E-state index contributed by atoms with van der Waals surface area (Å²) in [5.41, 5.74) is 1.19. The molecule has 1 aromatic rings. The largest absolute Gasteiger partial charge is 0.494 e. The van der Waals surface area contributed by atoms with Crippen molar-refractivity contribution >= 4 is 11.6 Å². The van der Waals surface area contributed by atoms with Crippen LogP contribution in [0.5, 0.6) is 5.75 Å². The third-order valence-corrected chi connectivity index (χ3v) is 4.21. The SMILES string of the molecule is COc1cccc(C2NC3=C[NH+]=C4C=CC=CC4N3C2=O)c1F. The van der Waals surface area contributed by atoms with E-state index in [0.29, 0.717) is 5.82 Å². The van der Waals surface area contributed by atoms with Crippen LogP contribution in [-0.2, 0) is 4.79 Å². The minimum Gasteiger partial charge on any atom is -0.494 e. The third kappa shape index (κ3) is 1.98. The van der Waals surface area contributed by atoms with Crippen LogP contribution in [0, 0.1) is 5.82 Å². The lowest BCUT2D eigenvalue weighted by atomic mass is 10.0. The summed E-state index contributed by atoms with van der Waals surface area (Å²) in [6.07, 6.45) is 9.38. The smallest absolute Gasteiger partial charge is 0.256 e. The fourth-order valence-electron chi connectivity index (χ4n) is 3.10. The summed E-state index contributed by atoms with van der Waals surface area (Å²) in [7, 11) is 1.40. The van der Waals surface area contributed by atoms with Crippen LogP contribution in [0.3, 0.4) is 0 Å². The average Bonchev–Trinajstić information content (AvgIpc) is 2.92. The number of allylic oxidation sites excluding steroid dienone is 2. The van der Waals surface area contributed by atoms with E-state index < -0.39 is 11.9 Å². The van der Waals surface area contributed by atoms with Gasteiger partial charge in [0.2, 0.25) is 11.9 Å². The Morgan fingerprint density at radius 1 is 1.35 bits per heavy atom. The topological polar surface area (TPSA) is 55.5 Å². The molecule has 4 rings (SSSR count). The van der Waals surface area contributed by atoms with Crippen LogP contribution in [0.4, 0.5) is 4.39 Å². The minimum absolute atomic E-state index is 0.127. The van der Waals surface area contributed by atoms with Crippen LogP contribution in [0.2, 0.25) is 0 Å². The average molecular weight is 312 g/mol. The molecule has 1 fully saturated rings. The van der Waals surface area contributed by atoms with E-state index in [1.807, 2.05) is 24.3 Å². The fraction of sp³-hybridized carbons (Fsp3) is 0.176. The molecule has 2 atom stereocenters. The molecule has 0 bridgehead atoms. The molecular formula is C17H15FN3O2+. The number of ether oxygens (including phenoxy) is 1. The van der Waals surface area contributed by atoms with Crippen molar-refractivity contribution in [1.82, 2.24) is 10.2 Å². The van der Waals surface area contributed by atoms with Gasteiger partial charge in [-0.05, 0) is 6.07 Å². The highest BCUT2D eigenvalue weighted by Gasteiger charge is 2.46. The number of methoxy groups -OCH3 is 1. The van der Waals surface area contributed by atoms with Gasteiger partial charge in [-0.3, -0.25) is 9.69 Å². The second-order valence-corrected chi connectivity index (χ2v) is 5.47. The van der Waals surface area contributed by atoms with Gasteiger partial charge in [0.15, 0.2) is 17.4 Å². The molecule has 23 heavy (non-hydrogen) atoms. The molecule has 2 heterocycles. The summed E-state index contributed by atoms with van der Waals surface area (Å²) in [5.74, 6) is 0.0580. The first kappa shape index (κ1) is 13.8. The van der Waals surface area contributed by atoms with Crippen LogP contribution in [-0.4, -0.2) is 29.7 Å². The Morgan fingerprint density at radius 2 is 2.22 bits per heavy atom. The summed E-state index contributed by atoms with van der Waals surface area (Å²) in [4.78, 5) is 17.7. The molecule has 1 amide bonds. The number of hydrogen-bond donors (Lipinski definition) is 2. The van der Waals surface area contributed by atoms with E-state index in [1.165, 1.54) is 13.2 Å². The number of fused-ring (bicyclic) bond motifs is 3. The lowest BCUT2D eigenvalue weighted by molar-refractivity contribution is -0.380. The number of amides is 1. The zero-order valence-electron chi connectivity index (χ0n) is 12.4. The van der Waals surface area contributed by atoms with Crippen molar-refractivity contribution in [2.45, 2.75) is 12.1 Å². The Morgan fingerprint density at radius 3 is 3.04 bits per heavy atom. The molecule has 2 aliphatic heterocycles. The second-order valence-electron chi connectivity index (χ2n) is 5.47. The molecule has 0 aromatic heterocycles. The quantitative estimate of drug-likeness (QED) is 0.816. The number of halogens is 1. The molecule has 1 aromatic carbocycles. The number of hydrogen-bond acceptors (Lipinski definition) is 3. The molecule has 0 saturated carbocycles. The van der Waals surface area contributed by atoms with Crippen LogP contribution in [0.15, 0.2) is 54.5 Å². The maximum absolute atomic E-state index is 14.5. The molecule has 5 nitrogen and oxygen atoms in total. The van der Waals surface area contributed by atoms with Crippen molar-refractivity contribution in [2.24, 2.45) is 0 Å². The zero-order valence-corrected chi connectivity index (χ0v) is 12.4. The van der Waals surface area contributed by atoms with Crippen LogP contribution < -0.4 is 15.0 Å². The maximum Gasteiger partial charge on any atom is 0.256 e. The van der Waals surface area contributed by atoms with Crippen LogP contribution in [0.25, 0.3) is 0 Å². The molecule has 0 radical (unpaired) electrons. The number of nitrogens with zero attached hydrogens (tertiary/aromatic N) is 1. The molecule has 6 heteroatoms. The van der Waals surface area contributed by atoms with Crippen molar-refractivity contribution in [3.63, 3.8) is 0 Å². The normalized spacial score (nSPS) is 24.6. The van der Waals surface area contributed by atoms with Gasteiger partial charge in [-0.25, -0.2) is 9.38 Å². The first-order chi connectivity index (χ1) is 11.2. The molecule has 1 aliphatic carbocycles. The van der Waals surface area contributed by atoms with E-state index in [9.17, 15) is 9.18 Å². The van der Waals surface area contributed by atoms with Gasteiger partial charge in [-0.15, -0.1) is 0 Å². The van der Waals surface area contributed by atoms with E-state index in [2.05, 4.69) is 10.3 Å². The van der Waals surface area contributed by atoms with Crippen LogP contribution in [0.1, 0.15) is 11.6 Å². The Hall–Kier alpha value is -2.89. The first-order valence-electron chi connectivity index (χ1n) is 7.31. The molecule has 2 N–H and O–H groups in total. The summed E-state index contributed by atoms with van der Waals surface area (Å²) < 4.78 is 19.5. The summed E-state index contributed by atoms with van der Waals surface area (Å²) >= 11 is 0. The summed E-state index contributed by atoms with van der Waals surface area (Å²) in [6.45, 7) is 0. The Balaban J connectivity index is 1.72. The molecule has 2 unspecified atom stereocenters. The summed E-state index contributed by atoms with van der Waals surface area (Å²) in [5, 5.41) is 3.09. The predicted octanol–water partition coefficient (Wildman–Crippen LogP) is 0.136. The van der Waals surface area contributed by atoms with Gasteiger partial charge in [-0.1, -0.05) is 30.4 Å². The standard InChI is InChI=1S/C17H14FN3O2/c1-23-13-8-4-5-10(15(13)18)16-17(22)21-12-7-3-2-6-11(12)19-9-14(21)20-16/h2-9,12,16,20H,1H3/p+1. The highest BCUT2D eigenvalue weighted by Crippen LogP contribution is 2.33. The van der Waals surface area contributed by atoms with Gasteiger partial charge in [-0.2, -0.15) is 0 Å². The second kappa shape index (κ2) is 5.08. The molecule has 116 valence electrons. The van der Waals surface area contributed by atoms with Crippen molar-refractivity contribution in [3.05, 3.63) is 65.9 Å². The van der Waals surface area contributed by atoms with Gasteiger partial charge >= 0.3 is 0 Å². The zero-order chi connectivity index (χ0) is 16.0. The van der Waals surface area contributed by atoms with E-state index in [-0.39, 0.29) is 23.3 Å². The Kier molecular flexibility index (Phi) is 3.04. The highest BCUT2D eigenvalue weighted by molar-refractivity contribution is 6.02. The molecule has 1 saturated heterocycles. The molecule has 3 aliphatic rings. The lowest BCUT2D eigenvalue weighted by Crippen LogP contribution is -2.74. The van der Waals surface area contributed by atoms with E-state index in [4.69, 9.17) is 4.74 Å². The molecular weight excluding hydrogens is 297 g/mol. The number of carbonyl (C=O) groups is 1. The van der Waals surface area contributed by atoms with Gasteiger partial charge in [0.05, 0.1) is 7.11 Å². The lowest BCUT2D eigenvalue weighted by Gasteiger charge is -2.25. The van der Waals surface area contributed by atoms with Gasteiger partial charge < -0.3 is 10.1 Å². The minimum atomic E-state index is -0.767. The van der Waals surface area contributed by atoms with Crippen molar-refractivity contribution in [2.75, 3.05) is 7.11 Å². The van der Waals surface area contributed by atoms with E-state index in [0.717, 1.165) is 5.71 Å². The van der Waals surface area contributed by atoms with Gasteiger partial charge in [0.1, 0.15) is 12.1 Å². The van der Waals surface area contributed by atoms with E-state index >= 15 is 0 Å². The predicted molar refractivity (Wildman–Crippen MR) is 81.8 cm³/mol. The fourth-order valence-corrected chi connectivity index (χ4v) is 3.10. The Labute approximate surface area is 132 Å². The monoisotopic (exact) mass is 312 g/mol.